The minimum Gasteiger partial charge on any atom is -0.283 e. The monoisotopic (exact) mass is 350 g/mol. The summed E-state index contributed by atoms with van der Waals surface area (Å²) in [7, 11) is -0.995. The van der Waals surface area contributed by atoms with Crippen LogP contribution in [0.15, 0.2) is 5.10 Å². The molecular formula is C10H17Cl3N2OS2. The van der Waals surface area contributed by atoms with Gasteiger partial charge in [-0.3, -0.25) is 9.63 Å². The number of nitrogens with zero attached hydrogens (tertiary/aromatic N) is 1. The Morgan fingerprint density at radius 1 is 1.33 bits per heavy atom. The lowest BCUT2D eigenvalue weighted by atomic mass is 10.2. The predicted molar refractivity (Wildman–Crippen MR) is 84.0 cm³/mol. The van der Waals surface area contributed by atoms with E-state index >= 15 is 0 Å². The first kappa shape index (κ1) is 16.9. The minimum atomic E-state index is -1.53. The van der Waals surface area contributed by atoms with Crippen LogP contribution >= 0.6 is 46.6 Å². The number of hydrazone groups is 1. The van der Waals surface area contributed by atoms with E-state index in [1.54, 1.807) is 0 Å². The highest BCUT2D eigenvalue weighted by Gasteiger charge is 2.36. The molecule has 0 aromatic heterocycles. The summed E-state index contributed by atoms with van der Waals surface area (Å²) in [5.74, 6) is 0.664. The second-order valence-electron chi connectivity index (χ2n) is 3.99. The van der Waals surface area contributed by atoms with Crippen LogP contribution in [0.1, 0.15) is 39.0 Å². The molecule has 1 aliphatic rings. The molecule has 0 saturated heterocycles. The van der Waals surface area contributed by atoms with Gasteiger partial charge in [-0.25, -0.2) is 0 Å². The normalized spacial score (nSPS) is 21.6. The van der Waals surface area contributed by atoms with E-state index in [9.17, 15) is 4.21 Å². The fourth-order valence-corrected chi connectivity index (χ4v) is 4.40. The molecule has 0 spiro atoms. The lowest BCUT2D eigenvalue weighted by Gasteiger charge is -2.11. The van der Waals surface area contributed by atoms with Crippen molar-refractivity contribution in [2.24, 2.45) is 5.10 Å². The van der Waals surface area contributed by atoms with Crippen molar-refractivity contribution in [3.63, 3.8) is 0 Å². The summed E-state index contributed by atoms with van der Waals surface area (Å²) in [5, 5.41) is 4.27. The van der Waals surface area contributed by atoms with E-state index in [2.05, 4.69) is 17.5 Å². The molecule has 2 atom stereocenters. The SMILES string of the molecule is CCCCCCCS(=O)C1NN=C(C(Cl)(Cl)Cl)S1. The molecule has 1 N–H and O–H groups in total. The van der Waals surface area contributed by atoms with Crippen LogP contribution in [-0.4, -0.2) is 23.5 Å². The highest BCUT2D eigenvalue weighted by molar-refractivity contribution is 8.22. The predicted octanol–water partition coefficient (Wildman–Crippen LogP) is 4.01. The molecule has 2 unspecified atom stereocenters. The first-order valence-electron chi connectivity index (χ1n) is 5.89. The summed E-state index contributed by atoms with van der Waals surface area (Å²) in [6.45, 7) is 2.17. The largest absolute Gasteiger partial charge is 0.283 e. The number of thioether (sulfide) groups is 1. The zero-order chi connectivity index (χ0) is 13.6. The number of rotatable bonds is 7. The van der Waals surface area contributed by atoms with Gasteiger partial charge < -0.3 is 0 Å². The van der Waals surface area contributed by atoms with E-state index in [0.717, 1.165) is 12.8 Å². The third kappa shape index (κ3) is 5.87. The van der Waals surface area contributed by atoms with Crippen molar-refractivity contribution in [3.05, 3.63) is 0 Å². The van der Waals surface area contributed by atoms with Crippen LogP contribution in [0.2, 0.25) is 0 Å². The van der Waals surface area contributed by atoms with Gasteiger partial charge in [0.25, 0.3) is 0 Å². The Bertz CT molecular complexity index is 321. The number of hydrogen-bond donors (Lipinski definition) is 1. The molecule has 1 rings (SSSR count). The first-order chi connectivity index (χ1) is 8.45. The summed E-state index contributed by atoms with van der Waals surface area (Å²) in [5.41, 5.74) is 2.76. The Balaban J connectivity index is 2.22. The van der Waals surface area contributed by atoms with E-state index in [1.807, 2.05) is 0 Å². The van der Waals surface area contributed by atoms with Crippen LogP contribution in [0.3, 0.4) is 0 Å². The van der Waals surface area contributed by atoms with Gasteiger partial charge in [0, 0.05) is 5.75 Å². The van der Waals surface area contributed by atoms with Crippen molar-refractivity contribution in [2.75, 3.05) is 5.75 Å². The Morgan fingerprint density at radius 2 is 2.00 bits per heavy atom. The van der Waals surface area contributed by atoms with Crippen molar-refractivity contribution >= 4 is 62.4 Å². The molecular weight excluding hydrogens is 335 g/mol. The van der Waals surface area contributed by atoms with Gasteiger partial charge in [-0.2, -0.15) is 5.10 Å². The van der Waals surface area contributed by atoms with Gasteiger partial charge in [0.2, 0.25) is 3.79 Å². The maximum Gasteiger partial charge on any atom is 0.240 e. The average Bonchev–Trinajstić information content (AvgIpc) is 2.77. The van der Waals surface area contributed by atoms with E-state index in [4.69, 9.17) is 34.8 Å². The Hall–Kier alpha value is 0.840. The second-order valence-corrected chi connectivity index (χ2v) is 9.31. The molecule has 0 saturated carbocycles. The summed E-state index contributed by atoms with van der Waals surface area (Å²) < 4.78 is 10.2. The van der Waals surface area contributed by atoms with E-state index < -0.39 is 14.6 Å². The van der Waals surface area contributed by atoms with Gasteiger partial charge in [-0.15, -0.1) is 0 Å². The van der Waals surface area contributed by atoms with Crippen molar-refractivity contribution in [3.8, 4) is 0 Å². The average molecular weight is 352 g/mol. The van der Waals surface area contributed by atoms with Crippen molar-refractivity contribution < 1.29 is 4.21 Å². The van der Waals surface area contributed by atoms with Gasteiger partial charge in [0.1, 0.15) is 5.04 Å². The maximum atomic E-state index is 12.0. The molecule has 0 aliphatic carbocycles. The van der Waals surface area contributed by atoms with Crippen molar-refractivity contribution in [2.45, 2.75) is 47.5 Å². The molecule has 1 heterocycles. The fraction of sp³-hybridized carbons (Fsp3) is 0.900. The number of nitrogens with one attached hydrogen (secondary N) is 1. The lowest BCUT2D eigenvalue weighted by molar-refractivity contribution is 0.643. The molecule has 0 fully saturated rings. The molecule has 106 valence electrons. The number of alkyl halides is 3. The molecule has 0 bridgehead atoms. The van der Waals surface area contributed by atoms with Crippen LogP contribution in [0.25, 0.3) is 0 Å². The maximum absolute atomic E-state index is 12.0. The number of unbranched alkanes of at least 4 members (excludes halogenated alkanes) is 4. The van der Waals surface area contributed by atoms with Crippen LogP contribution in [-0.2, 0) is 10.8 Å². The smallest absolute Gasteiger partial charge is 0.240 e. The summed E-state index contributed by atoms with van der Waals surface area (Å²) in [4.78, 5) is 0. The van der Waals surface area contributed by atoms with E-state index in [1.165, 1.54) is 31.0 Å². The molecule has 0 aromatic rings. The summed E-state index contributed by atoms with van der Waals surface area (Å²) in [6, 6.07) is 0. The number of halogens is 3. The summed E-state index contributed by atoms with van der Waals surface area (Å²) >= 11 is 18.4. The van der Waals surface area contributed by atoms with E-state index in [0.29, 0.717) is 10.8 Å². The molecule has 1 aliphatic heterocycles. The Kier molecular flexibility index (Phi) is 7.70. The van der Waals surface area contributed by atoms with Gasteiger partial charge >= 0.3 is 0 Å². The van der Waals surface area contributed by atoms with Gasteiger partial charge in [-0.05, 0) is 6.42 Å². The van der Waals surface area contributed by atoms with Crippen LogP contribution in [0, 0.1) is 0 Å². The van der Waals surface area contributed by atoms with Crippen molar-refractivity contribution in [1.29, 1.82) is 0 Å². The lowest BCUT2D eigenvalue weighted by Crippen LogP contribution is -2.24. The van der Waals surface area contributed by atoms with Gasteiger partial charge in [0.15, 0.2) is 4.71 Å². The topological polar surface area (TPSA) is 41.5 Å². The first-order valence-corrected chi connectivity index (χ1v) is 9.29. The zero-order valence-corrected chi connectivity index (χ0v) is 14.0. The van der Waals surface area contributed by atoms with Crippen LogP contribution in [0.4, 0.5) is 0 Å². The molecule has 0 amide bonds. The zero-order valence-electron chi connectivity index (χ0n) is 10.1. The third-order valence-corrected chi connectivity index (χ3v) is 6.44. The third-order valence-electron chi connectivity index (χ3n) is 2.42. The van der Waals surface area contributed by atoms with Crippen molar-refractivity contribution in [1.82, 2.24) is 5.43 Å². The molecule has 8 heteroatoms. The van der Waals surface area contributed by atoms with Gasteiger partial charge in [0.05, 0.1) is 10.8 Å². The standard InChI is InChI=1S/C10H17Cl3N2OS2/c1-2-3-4-5-6-7-18(16)9-15-14-8(17-9)10(11,12)13/h9,15H,2-7H2,1H3. The fourth-order valence-electron chi connectivity index (χ4n) is 1.46. The highest BCUT2D eigenvalue weighted by atomic mass is 35.6. The quantitative estimate of drug-likeness (QED) is 0.556. The van der Waals surface area contributed by atoms with Crippen LogP contribution in [0.5, 0.6) is 0 Å². The Labute approximate surface area is 130 Å². The Morgan fingerprint density at radius 3 is 2.56 bits per heavy atom. The molecule has 0 aromatic carbocycles. The molecule has 0 radical (unpaired) electrons. The minimum absolute atomic E-state index is 0.290. The van der Waals surface area contributed by atoms with E-state index in [-0.39, 0.29) is 4.71 Å². The molecule has 3 nitrogen and oxygen atoms in total. The highest BCUT2D eigenvalue weighted by Crippen LogP contribution is 2.37. The van der Waals surface area contributed by atoms with Gasteiger partial charge in [-0.1, -0.05) is 79.2 Å². The molecule has 18 heavy (non-hydrogen) atoms. The number of hydrogen-bond acceptors (Lipinski definition) is 4. The second kappa shape index (κ2) is 8.20. The summed E-state index contributed by atoms with van der Waals surface area (Å²) in [6.07, 6.45) is 5.74. The van der Waals surface area contributed by atoms with Crippen LogP contribution < -0.4 is 5.43 Å².